The van der Waals surface area contributed by atoms with Crippen molar-refractivity contribution in [1.82, 2.24) is 4.57 Å². The van der Waals surface area contributed by atoms with E-state index in [0.29, 0.717) is 22.0 Å². The summed E-state index contributed by atoms with van der Waals surface area (Å²) in [5.41, 5.74) is 1.20. The van der Waals surface area contributed by atoms with Crippen LogP contribution < -0.4 is 0 Å². The maximum Gasteiger partial charge on any atom is 0.406 e. The summed E-state index contributed by atoms with van der Waals surface area (Å²) in [5, 5.41) is 0.604. The molecule has 0 aliphatic heterocycles. The van der Waals surface area contributed by atoms with Crippen molar-refractivity contribution in [2.24, 2.45) is 0 Å². The Bertz CT molecular complexity index is 786. The summed E-state index contributed by atoms with van der Waals surface area (Å²) in [5.74, 6) is -0.451. The van der Waals surface area contributed by atoms with E-state index in [-0.39, 0.29) is 0 Å². The highest BCUT2D eigenvalue weighted by Crippen LogP contribution is 2.33. The van der Waals surface area contributed by atoms with Crippen LogP contribution in [0.2, 0.25) is 0 Å². The fourth-order valence-electron chi connectivity index (χ4n) is 2.47. The Hall–Kier alpha value is -2.30. The van der Waals surface area contributed by atoms with Crippen molar-refractivity contribution in [3.63, 3.8) is 0 Å². The van der Waals surface area contributed by atoms with Gasteiger partial charge in [-0.3, -0.25) is 0 Å². The Morgan fingerprint density at radius 2 is 1.52 bits per heavy atom. The molecule has 0 unspecified atom stereocenters. The number of fused-ring (bicyclic) bond motifs is 1. The van der Waals surface area contributed by atoms with Gasteiger partial charge in [0.1, 0.15) is 12.4 Å². The van der Waals surface area contributed by atoms with E-state index in [9.17, 15) is 17.6 Å². The van der Waals surface area contributed by atoms with E-state index in [0.717, 1.165) is 4.57 Å². The lowest BCUT2D eigenvalue weighted by Gasteiger charge is -2.08. The van der Waals surface area contributed by atoms with Crippen LogP contribution in [0.15, 0.2) is 54.7 Å². The molecular formula is C16H11F4N. The van der Waals surface area contributed by atoms with Crippen molar-refractivity contribution < 1.29 is 17.6 Å². The van der Waals surface area contributed by atoms with Crippen LogP contribution in [0, 0.1) is 5.82 Å². The minimum absolute atomic E-state index is 0.301. The van der Waals surface area contributed by atoms with Crippen molar-refractivity contribution in [3.05, 3.63) is 60.5 Å². The molecule has 1 heterocycles. The molecule has 0 saturated carbocycles. The normalized spacial score (nSPS) is 12.0. The highest BCUT2D eigenvalue weighted by atomic mass is 19.4. The van der Waals surface area contributed by atoms with Crippen LogP contribution in [-0.2, 0) is 6.54 Å². The number of hydrogen-bond acceptors (Lipinski definition) is 0. The zero-order valence-electron chi connectivity index (χ0n) is 10.9. The smallest absolute Gasteiger partial charge is 0.338 e. The molecule has 0 fully saturated rings. The molecule has 3 aromatic rings. The first-order valence-electron chi connectivity index (χ1n) is 6.35. The number of para-hydroxylation sites is 1. The van der Waals surface area contributed by atoms with Crippen molar-refractivity contribution in [3.8, 4) is 11.1 Å². The monoisotopic (exact) mass is 293 g/mol. The largest absolute Gasteiger partial charge is 0.406 e. The van der Waals surface area contributed by atoms with E-state index in [4.69, 9.17) is 0 Å². The zero-order valence-corrected chi connectivity index (χ0v) is 10.9. The average molecular weight is 293 g/mol. The first-order chi connectivity index (χ1) is 9.96. The third kappa shape index (κ3) is 2.63. The summed E-state index contributed by atoms with van der Waals surface area (Å²) in [7, 11) is 0. The fraction of sp³-hybridized carbons (Fsp3) is 0.125. The van der Waals surface area contributed by atoms with Crippen molar-refractivity contribution >= 4 is 10.9 Å². The van der Waals surface area contributed by atoms with Gasteiger partial charge in [0.15, 0.2) is 0 Å². The standard InChI is InChI=1S/C16H11F4N/c17-14-7-3-1-5-11(14)13-9-21(10-16(18,19)20)15-8-4-2-6-12(13)15/h1-9H,10H2. The molecule has 1 aromatic heterocycles. The van der Waals surface area contributed by atoms with Gasteiger partial charge in [0.25, 0.3) is 0 Å². The maximum absolute atomic E-state index is 13.9. The molecule has 0 N–H and O–H groups in total. The quantitative estimate of drug-likeness (QED) is 0.585. The van der Waals surface area contributed by atoms with E-state index in [1.807, 2.05) is 0 Å². The number of alkyl halides is 3. The summed E-state index contributed by atoms with van der Waals surface area (Å²) in [4.78, 5) is 0. The molecule has 5 heteroatoms. The first-order valence-corrected chi connectivity index (χ1v) is 6.35. The lowest BCUT2D eigenvalue weighted by Crippen LogP contribution is -2.16. The van der Waals surface area contributed by atoms with Gasteiger partial charge in [-0.15, -0.1) is 0 Å². The maximum atomic E-state index is 13.9. The molecule has 0 radical (unpaired) electrons. The van der Waals surface area contributed by atoms with Crippen molar-refractivity contribution in [2.45, 2.75) is 12.7 Å². The molecule has 0 amide bonds. The summed E-state index contributed by atoms with van der Waals surface area (Å²) in [6.07, 6.45) is -2.97. The van der Waals surface area contributed by atoms with E-state index >= 15 is 0 Å². The van der Waals surface area contributed by atoms with Crippen LogP contribution in [0.3, 0.4) is 0 Å². The number of halogens is 4. The van der Waals surface area contributed by atoms with Crippen LogP contribution in [-0.4, -0.2) is 10.7 Å². The van der Waals surface area contributed by atoms with Crippen LogP contribution in [0.25, 0.3) is 22.0 Å². The molecule has 0 atom stereocenters. The second-order valence-electron chi connectivity index (χ2n) is 4.78. The van der Waals surface area contributed by atoms with E-state index < -0.39 is 18.5 Å². The molecule has 0 aliphatic rings. The van der Waals surface area contributed by atoms with Gasteiger partial charge >= 0.3 is 6.18 Å². The van der Waals surface area contributed by atoms with Crippen molar-refractivity contribution in [1.29, 1.82) is 0 Å². The molecule has 1 nitrogen and oxygen atoms in total. The second-order valence-corrected chi connectivity index (χ2v) is 4.78. The lowest BCUT2D eigenvalue weighted by molar-refractivity contribution is -0.139. The molecule has 3 rings (SSSR count). The third-order valence-electron chi connectivity index (χ3n) is 3.30. The number of aromatic nitrogens is 1. The number of hydrogen-bond donors (Lipinski definition) is 0. The fourth-order valence-corrected chi connectivity index (χ4v) is 2.47. The lowest BCUT2D eigenvalue weighted by atomic mass is 10.0. The Morgan fingerprint density at radius 1 is 0.857 bits per heavy atom. The molecule has 2 aromatic carbocycles. The predicted molar refractivity (Wildman–Crippen MR) is 73.4 cm³/mol. The van der Waals surface area contributed by atoms with Crippen LogP contribution in [0.5, 0.6) is 0 Å². The Kier molecular flexibility index (Phi) is 3.20. The summed E-state index contributed by atoms with van der Waals surface area (Å²) in [6.45, 7) is -1.10. The molecular weight excluding hydrogens is 282 g/mol. The summed E-state index contributed by atoms with van der Waals surface area (Å²) >= 11 is 0. The van der Waals surface area contributed by atoms with Crippen LogP contribution in [0.4, 0.5) is 17.6 Å². The summed E-state index contributed by atoms with van der Waals surface area (Å²) in [6, 6.07) is 12.8. The first kappa shape index (κ1) is 13.7. The third-order valence-corrected chi connectivity index (χ3v) is 3.30. The molecule has 0 aliphatic carbocycles. The SMILES string of the molecule is Fc1ccccc1-c1cn(CC(F)(F)F)c2ccccc12. The highest BCUT2D eigenvalue weighted by molar-refractivity contribution is 5.96. The van der Waals surface area contributed by atoms with Gasteiger partial charge in [0.2, 0.25) is 0 Å². The van der Waals surface area contributed by atoms with Crippen molar-refractivity contribution in [2.75, 3.05) is 0 Å². The van der Waals surface area contributed by atoms with E-state index in [1.54, 1.807) is 42.5 Å². The van der Waals surface area contributed by atoms with Gasteiger partial charge in [-0.25, -0.2) is 4.39 Å². The minimum Gasteiger partial charge on any atom is -0.338 e. The van der Waals surface area contributed by atoms with Gasteiger partial charge in [0, 0.05) is 28.2 Å². The van der Waals surface area contributed by atoms with Crippen LogP contribution in [0.1, 0.15) is 0 Å². The average Bonchev–Trinajstić information content (AvgIpc) is 2.77. The Balaban J connectivity index is 2.23. The Morgan fingerprint density at radius 3 is 2.24 bits per heavy atom. The topological polar surface area (TPSA) is 4.93 Å². The van der Waals surface area contributed by atoms with Gasteiger partial charge < -0.3 is 4.57 Å². The Labute approximate surface area is 118 Å². The molecule has 0 saturated heterocycles. The second kappa shape index (κ2) is 4.91. The van der Waals surface area contributed by atoms with Gasteiger partial charge in [0.05, 0.1) is 0 Å². The molecule has 21 heavy (non-hydrogen) atoms. The molecule has 0 spiro atoms. The zero-order chi connectivity index (χ0) is 15.0. The molecule has 108 valence electrons. The number of rotatable bonds is 2. The van der Waals surface area contributed by atoms with Gasteiger partial charge in [-0.2, -0.15) is 13.2 Å². The van der Waals surface area contributed by atoms with Crippen LogP contribution >= 0.6 is 0 Å². The number of nitrogens with zero attached hydrogens (tertiary/aromatic N) is 1. The molecule has 0 bridgehead atoms. The summed E-state index contributed by atoms with van der Waals surface area (Å²) < 4.78 is 53.0. The van der Waals surface area contributed by atoms with Gasteiger partial charge in [-0.1, -0.05) is 36.4 Å². The minimum atomic E-state index is -4.33. The number of benzene rings is 2. The highest BCUT2D eigenvalue weighted by Gasteiger charge is 2.29. The predicted octanol–water partition coefficient (Wildman–Crippen LogP) is 5.01. The van der Waals surface area contributed by atoms with E-state index in [2.05, 4.69) is 0 Å². The van der Waals surface area contributed by atoms with Gasteiger partial charge in [-0.05, 0) is 12.1 Å². The van der Waals surface area contributed by atoms with E-state index in [1.165, 1.54) is 12.3 Å².